The third kappa shape index (κ3) is 2.93. The van der Waals surface area contributed by atoms with Crippen molar-refractivity contribution in [1.29, 1.82) is 0 Å². The van der Waals surface area contributed by atoms with Crippen LogP contribution >= 0.6 is 24.0 Å². The van der Waals surface area contributed by atoms with E-state index >= 15 is 0 Å². The van der Waals surface area contributed by atoms with Crippen LogP contribution in [0.4, 0.5) is 0 Å². The molecule has 2 N–H and O–H groups in total. The molecule has 1 aliphatic carbocycles. The highest BCUT2D eigenvalue weighted by atomic mass is 35.5. The number of amides is 1. The monoisotopic (exact) mass is 316 g/mol. The molecule has 6 heteroatoms. The lowest BCUT2D eigenvalue weighted by atomic mass is 9.80. The lowest BCUT2D eigenvalue weighted by Gasteiger charge is -2.35. The van der Waals surface area contributed by atoms with Crippen molar-refractivity contribution in [1.82, 2.24) is 5.06 Å². The fraction of sp³-hybridized carbons (Fsp3) is 0.500. The van der Waals surface area contributed by atoms with Gasteiger partial charge < -0.3 is 5.73 Å². The lowest BCUT2D eigenvalue weighted by Crippen LogP contribution is -2.46. The van der Waals surface area contributed by atoms with Crippen LogP contribution in [0.5, 0.6) is 0 Å². The van der Waals surface area contributed by atoms with Crippen molar-refractivity contribution >= 4 is 29.9 Å². The summed E-state index contributed by atoms with van der Waals surface area (Å²) in [5.74, 6) is 0.0991. The van der Waals surface area contributed by atoms with Crippen LogP contribution in [0, 0.1) is 5.92 Å². The van der Waals surface area contributed by atoms with Gasteiger partial charge >= 0.3 is 0 Å². The van der Waals surface area contributed by atoms with E-state index < -0.39 is 0 Å². The summed E-state index contributed by atoms with van der Waals surface area (Å²) in [5.41, 5.74) is 6.81. The van der Waals surface area contributed by atoms with Gasteiger partial charge in [-0.05, 0) is 30.5 Å². The van der Waals surface area contributed by atoms with Gasteiger partial charge in [-0.25, -0.2) is 5.06 Å². The maximum absolute atomic E-state index is 12.3. The molecule has 0 spiro atoms. The maximum atomic E-state index is 12.3. The number of hydroxylamine groups is 2. The van der Waals surface area contributed by atoms with E-state index in [-0.39, 0.29) is 36.3 Å². The fourth-order valence-electron chi connectivity index (χ4n) is 2.72. The van der Waals surface area contributed by atoms with E-state index in [1.807, 2.05) is 24.3 Å². The van der Waals surface area contributed by atoms with Gasteiger partial charge in [0, 0.05) is 23.4 Å². The van der Waals surface area contributed by atoms with Crippen LogP contribution in [-0.2, 0) is 9.63 Å². The van der Waals surface area contributed by atoms with E-state index in [0.29, 0.717) is 11.6 Å². The predicted octanol–water partition coefficient (Wildman–Crippen LogP) is 2.70. The Morgan fingerprint density at radius 3 is 2.55 bits per heavy atom. The molecule has 2 fully saturated rings. The van der Waals surface area contributed by atoms with Crippen LogP contribution < -0.4 is 5.73 Å². The van der Waals surface area contributed by atoms with Crippen molar-refractivity contribution in [2.45, 2.75) is 31.3 Å². The van der Waals surface area contributed by atoms with E-state index in [4.69, 9.17) is 22.2 Å². The van der Waals surface area contributed by atoms with Crippen LogP contribution in [0.1, 0.15) is 30.9 Å². The molecule has 0 aromatic heterocycles. The Balaban J connectivity index is 0.00000147. The van der Waals surface area contributed by atoms with E-state index in [1.165, 1.54) is 0 Å². The third-order valence-electron chi connectivity index (χ3n) is 3.90. The fourth-order valence-corrected chi connectivity index (χ4v) is 2.84. The molecule has 1 aliphatic heterocycles. The molecule has 4 nitrogen and oxygen atoms in total. The molecule has 1 saturated heterocycles. The molecule has 20 heavy (non-hydrogen) atoms. The van der Waals surface area contributed by atoms with Crippen molar-refractivity contribution < 1.29 is 9.63 Å². The van der Waals surface area contributed by atoms with Gasteiger partial charge in [-0.2, -0.15) is 0 Å². The number of carbonyl (C=O) groups is 1. The molecule has 2 aliphatic rings. The SMILES string of the molecule is Cl.NC1CC(C(=O)N2OCC[C@H]2c2ccc(Cl)cc2)C1. The van der Waals surface area contributed by atoms with Crippen molar-refractivity contribution in [2.75, 3.05) is 6.61 Å². The molecule has 0 radical (unpaired) electrons. The van der Waals surface area contributed by atoms with Crippen molar-refractivity contribution in [3.8, 4) is 0 Å². The molecule has 1 atom stereocenters. The first kappa shape index (κ1) is 15.6. The van der Waals surface area contributed by atoms with Gasteiger partial charge in [0.2, 0.25) is 5.91 Å². The Morgan fingerprint density at radius 1 is 1.30 bits per heavy atom. The standard InChI is InChI=1S/C14H17ClN2O2.ClH/c15-11-3-1-9(2-4-11)13-5-6-19-17(13)14(18)10-7-12(16)8-10;/h1-4,10,12-13H,5-8,16H2;1H/t10?,12?,13-;/m0./s1. The van der Waals surface area contributed by atoms with Gasteiger partial charge in [-0.15, -0.1) is 12.4 Å². The lowest BCUT2D eigenvalue weighted by molar-refractivity contribution is -0.185. The van der Waals surface area contributed by atoms with Crippen LogP contribution in [0.25, 0.3) is 0 Å². The highest BCUT2D eigenvalue weighted by Crippen LogP contribution is 2.36. The molecular formula is C14H18Cl2N2O2. The number of carbonyl (C=O) groups excluding carboxylic acids is 1. The quantitative estimate of drug-likeness (QED) is 0.912. The Labute approximate surface area is 129 Å². The second kappa shape index (κ2) is 6.31. The van der Waals surface area contributed by atoms with Crippen LogP contribution in [0.3, 0.4) is 0 Å². The number of rotatable bonds is 2. The molecule has 1 aromatic carbocycles. The number of hydrogen-bond donors (Lipinski definition) is 1. The summed E-state index contributed by atoms with van der Waals surface area (Å²) in [7, 11) is 0. The van der Waals surface area contributed by atoms with Gasteiger partial charge in [-0.3, -0.25) is 9.63 Å². The molecule has 1 amide bonds. The first-order chi connectivity index (χ1) is 9.15. The van der Waals surface area contributed by atoms with Crippen molar-refractivity contribution in [3.05, 3.63) is 34.9 Å². The summed E-state index contributed by atoms with van der Waals surface area (Å²) in [5, 5.41) is 2.24. The van der Waals surface area contributed by atoms with Gasteiger partial charge in [0.05, 0.1) is 12.6 Å². The summed E-state index contributed by atoms with van der Waals surface area (Å²) >= 11 is 5.89. The van der Waals surface area contributed by atoms with Crippen LogP contribution in [-0.4, -0.2) is 23.6 Å². The number of hydrogen-bond acceptors (Lipinski definition) is 3. The number of halogens is 2. The smallest absolute Gasteiger partial charge is 0.249 e. The van der Waals surface area contributed by atoms with E-state index in [1.54, 1.807) is 5.06 Å². The third-order valence-corrected chi connectivity index (χ3v) is 4.15. The first-order valence-corrected chi connectivity index (χ1v) is 7.00. The highest BCUT2D eigenvalue weighted by molar-refractivity contribution is 6.30. The molecule has 0 unspecified atom stereocenters. The zero-order valence-electron chi connectivity index (χ0n) is 11.0. The molecule has 1 heterocycles. The summed E-state index contributed by atoms with van der Waals surface area (Å²) in [6.45, 7) is 0.581. The van der Waals surface area contributed by atoms with Crippen LogP contribution in [0.15, 0.2) is 24.3 Å². The van der Waals surface area contributed by atoms with Gasteiger partial charge in [0.25, 0.3) is 0 Å². The van der Waals surface area contributed by atoms with E-state index in [2.05, 4.69) is 0 Å². The number of benzene rings is 1. The zero-order valence-corrected chi connectivity index (χ0v) is 12.6. The van der Waals surface area contributed by atoms with Gasteiger partial charge in [-0.1, -0.05) is 23.7 Å². The largest absolute Gasteiger partial charge is 0.328 e. The van der Waals surface area contributed by atoms with Crippen molar-refractivity contribution in [2.24, 2.45) is 11.7 Å². The minimum atomic E-state index is 0. The van der Waals surface area contributed by atoms with Crippen LogP contribution in [0.2, 0.25) is 5.02 Å². The molecular weight excluding hydrogens is 299 g/mol. The van der Waals surface area contributed by atoms with Gasteiger partial charge in [0.1, 0.15) is 0 Å². The second-order valence-corrected chi connectivity index (χ2v) is 5.72. The number of nitrogens with two attached hydrogens (primary N) is 1. The summed E-state index contributed by atoms with van der Waals surface area (Å²) < 4.78 is 0. The average Bonchev–Trinajstić information content (AvgIpc) is 2.84. The summed E-state index contributed by atoms with van der Waals surface area (Å²) in [6.07, 6.45) is 2.37. The van der Waals surface area contributed by atoms with Crippen molar-refractivity contribution in [3.63, 3.8) is 0 Å². The molecule has 1 aromatic rings. The Bertz CT molecular complexity index is 475. The summed E-state index contributed by atoms with van der Waals surface area (Å²) in [4.78, 5) is 17.9. The maximum Gasteiger partial charge on any atom is 0.249 e. The minimum absolute atomic E-state index is 0. The predicted molar refractivity (Wildman–Crippen MR) is 79.6 cm³/mol. The normalized spacial score (nSPS) is 28.7. The Hall–Kier alpha value is -0.810. The molecule has 1 saturated carbocycles. The first-order valence-electron chi connectivity index (χ1n) is 6.62. The minimum Gasteiger partial charge on any atom is -0.328 e. The van der Waals surface area contributed by atoms with E-state index in [9.17, 15) is 4.79 Å². The second-order valence-electron chi connectivity index (χ2n) is 5.28. The molecule has 3 rings (SSSR count). The topological polar surface area (TPSA) is 55.6 Å². The Kier molecular flexibility index (Phi) is 4.91. The van der Waals surface area contributed by atoms with Gasteiger partial charge in [0.15, 0.2) is 0 Å². The highest BCUT2D eigenvalue weighted by Gasteiger charge is 2.40. The molecule has 0 bridgehead atoms. The average molecular weight is 317 g/mol. The Morgan fingerprint density at radius 2 is 1.95 bits per heavy atom. The number of nitrogens with zero attached hydrogens (tertiary/aromatic N) is 1. The zero-order chi connectivity index (χ0) is 13.4. The summed E-state index contributed by atoms with van der Waals surface area (Å²) in [6, 6.07) is 7.77. The van der Waals surface area contributed by atoms with E-state index in [0.717, 1.165) is 24.8 Å². The molecule has 110 valence electrons.